The van der Waals surface area contributed by atoms with Crippen LogP contribution in [0.4, 0.5) is 17.1 Å². The second kappa shape index (κ2) is 12.4. The average Bonchev–Trinajstić information content (AvgIpc) is 3.48. The highest BCUT2D eigenvalue weighted by Crippen LogP contribution is 2.56. The van der Waals surface area contributed by atoms with Gasteiger partial charge in [-0.05, 0) is 119 Å². The van der Waals surface area contributed by atoms with E-state index in [9.17, 15) is 0 Å². The Hall–Kier alpha value is -6.70. The van der Waals surface area contributed by atoms with Gasteiger partial charge in [-0.1, -0.05) is 179 Å². The lowest BCUT2D eigenvalue weighted by molar-refractivity contribution is 0.645. The first-order valence-electron chi connectivity index (χ1n) is 20.2. The zero-order chi connectivity index (χ0) is 38.5. The Morgan fingerprint density at radius 2 is 0.965 bits per heavy atom. The van der Waals surface area contributed by atoms with Crippen molar-refractivity contribution in [2.24, 2.45) is 0 Å². The SMILES string of the molecule is CC1(C)c2ccccc2-c2ccc(N(c3ccc(-c4cccc5ccccc45)cc3)c3ccc4cccc5c4c3-c3cc(-c4ccccc4)ccc3C5(C)C)cc21. The minimum atomic E-state index is -0.177. The Kier molecular flexibility index (Phi) is 7.32. The van der Waals surface area contributed by atoms with Crippen molar-refractivity contribution in [3.63, 3.8) is 0 Å². The summed E-state index contributed by atoms with van der Waals surface area (Å²) >= 11 is 0. The number of hydrogen-bond donors (Lipinski definition) is 0. The molecule has 0 radical (unpaired) electrons. The summed E-state index contributed by atoms with van der Waals surface area (Å²) in [7, 11) is 0. The molecule has 57 heavy (non-hydrogen) atoms. The molecule has 0 saturated carbocycles. The van der Waals surface area contributed by atoms with E-state index in [4.69, 9.17) is 0 Å². The van der Waals surface area contributed by atoms with E-state index in [0.717, 1.165) is 11.4 Å². The van der Waals surface area contributed by atoms with Crippen molar-refractivity contribution in [2.45, 2.75) is 38.5 Å². The van der Waals surface area contributed by atoms with Crippen molar-refractivity contribution in [1.82, 2.24) is 0 Å². The summed E-state index contributed by atoms with van der Waals surface area (Å²) in [5.41, 5.74) is 18.8. The molecule has 272 valence electrons. The van der Waals surface area contributed by atoms with Gasteiger partial charge < -0.3 is 4.90 Å². The second-order valence-electron chi connectivity index (χ2n) is 16.9. The molecule has 0 amide bonds. The minimum absolute atomic E-state index is 0.127. The third-order valence-corrected chi connectivity index (χ3v) is 13.1. The average molecular weight is 730 g/mol. The van der Waals surface area contributed by atoms with E-state index in [1.807, 2.05) is 0 Å². The van der Waals surface area contributed by atoms with Crippen LogP contribution in [0.3, 0.4) is 0 Å². The quantitative estimate of drug-likeness (QED) is 0.170. The summed E-state index contributed by atoms with van der Waals surface area (Å²) in [6.07, 6.45) is 0. The van der Waals surface area contributed by atoms with Gasteiger partial charge in [0.25, 0.3) is 0 Å². The molecule has 9 aromatic rings. The van der Waals surface area contributed by atoms with E-state index in [2.05, 4.69) is 221 Å². The van der Waals surface area contributed by atoms with Crippen LogP contribution in [-0.2, 0) is 10.8 Å². The first kappa shape index (κ1) is 33.6. The maximum Gasteiger partial charge on any atom is 0.0546 e. The Labute approximate surface area is 335 Å². The standard InChI is InChI=1S/C56H43N/c1-55(2)49-32-26-40(36-14-6-5-7-15-36)34-47(49)54-52(33-27-39-18-13-23-50(55)53(39)54)57(42-30-31-46-45-20-10-11-22-48(45)56(3,4)51(46)35-42)41-28-24-38(25-29-41)44-21-12-17-37-16-8-9-19-43(37)44/h5-35H,1-4H3. The maximum absolute atomic E-state index is 2.52. The highest BCUT2D eigenvalue weighted by atomic mass is 15.1. The third kappa shape index (κ3) is 5.02. The fourth-order valence-electron chi connectivity index (χ4n) is 10.1. The van der Waals surface area contributed by atoms with Gasteiger partial charge in [0.1, 0.15) is 0 Å². The van der Waals surface area contributed by atoms with Gasteiger partial charge in [0, 0.05) is 27.8 Å². The zero-order valence-electron chi connectivity index (χ0n) is 32.8. The van der Waals surface area contributed by atoms with Crippen LogP contribution in [0.2, 0.25) is 0 Å². The minimum Gasteiger partial charge on any atom is -0.310 e. The second-order valence-corrected chi connectivity index (χ2v) is 16.9. The smallest absolute Gasteiger partial charge is 0.0546 e. The molecule has 0 unspecified atom stereocenters. The molecule has 0 atom stereocenters. The molecular formula is C56H43N. The molecule has 1 heteroatoms. The molecule has 11 rings (SSSR count). The van der Waals surface area contributed by atoms with E-state index < -0.39 is 0 Å². The lowest BCUT2D eigenvalue weighted by atomic mass is 9.67. The molecule has 0 heterocycles. The van der Waals surface area contributed by atoms with Gasteiger partial charge in [-0.3, -0.25) is 0 Å². The molecule has 0 spiro atoms. The van der Waals surface area contributed by atoms with Gasteiger partial charge in [-0.25, -0.2) is 0 Å². The maximum atomic E-state index is 2.52. The summed E-state index contributed by atoms with van der Waals surface area (Å²) in [6.45, 7) is 9.53. The summed E-state index contributed by atoms with van der Waals surface area (Å²) < 4.78 is 0. The molecule has 0 bridgehead atoms. The van der Waals surface area contributed by atoms with Crippen LogP contribution in [0.25, 0.3) is 66.1 Å². The van der Waals surface area contributed by atoms with Gasteiger partial charge in [0.15, 0.2) is 0 Å². The molecule has 2 aliphatic carbocycles. The van der Waals surface area contributed by atoms with Gasteiger partial charge in [0.2, 0.25) is 0 Å². The molecule has 2 aliphatic rings. The Morgan fingerprint density at radius 3 is 1.82 bits per heavy atom. The van der Waals surface area contributed by atoms with Crippen molar-refractivity contribution in [3.8, 4) is 44.5 Å². The Balaban J connectivity index is 1.18. The van der Waals surface area contributed by atoms with Crippen molar-refractivity contribution >= 4 is 38.6 Å². The number of rotatable bonds is 5. The van der Waals surface area contributed by atoms with Gasteiger partial charge in [-0.15, -0.1) is 0 Å². The Morgan fingerprint density at radius 1 is 0.351 bits per heavy atom. The normalized spacial score (nSPS) is 14.2. The van der Waals surface area contributed by atoms with Crippen LogP contribution in [0.15, 0.2) is 188 Å². The fraction of sp³-hybridized carbons (Fsp3) is 0.107. The molecule has 9 aromatic carbocycles. The summed E-state index contributed by atoms with van der Waals surface area (Å²) in [4.78, 5) is 2.52. The molecule has 0 fully saturated rings. The lowest BCUT2D eigenvalue weighted by Crippen LogP contribution is -2.24. The van der Waals surface area contributed by atoms with E-state index in [-0.39, 0.29) is 10.8 Å². The van der Waals surface area contributed by atoms with Crippen LogP contribution in [0.1, 0.15) is 49.9 Å². The predicted molar refractivity (Wildman–Crippen MR) is 242 cm³/mol. The van der Waals surface area contributed by atoms with Crippen molar-refractivity contribution in [3.05, 3.63) is 210 Å². The van der Waals surface area contributed by atoms with Crippen LogP contribution < -0.4 is 4.90 Å². The van der Waals surface area contributed by atoms with Gasteiger partial charge in [-0.2, -0.15) is 0 Å². The number of anilines is 3. The van der Waals surface area contributed by atoms with Crippen molar-refractivity contribution in [1.29, 1.82) is 0 Å². The molecular weight excluding hydrogens is 687 g/mol. The van der Waals surface area contributed by atoms with Crippen molar-refractivity contribution in [2.75, 3.05) is 4.90 Å². The number of nitrogens with zero attached hydrogens (tertiary/aromatic N) is 1. The summed E-state index contributed by atoms with van der Waals surface area (Å²) in [5.74, 6) is 0. The van der Waals surface area contributed by atoms with Crippen molar-refractivity contribution < 1.29 is 0 Å². The van der Waals surface area contributed by atoms with Crippen LogP contribution in [0, 0.1) is 0 Å². The summed E-state index contributed by atoms with van der Waals surface area (Å²) in [5, 5.41) is 5.13. The lowest BCUT2D eigenvalue weighted by Gasteiger charge is -2.38. The molecule has 0 aliphatic heterocycles. The molecule has 1 nitrogen and oxygen atoms in total. The third-order valence-electron chi connectivity index (χ3n) is 13.1. The zero-order valence-corrected chi connectivity index (χ0v) is 32.8. The van der Waals surface area contributed by atoms with Gasteiger partial charge in [0.05, 0.1) is 5.69 Å². The van der Waals surface area contributed by atoms with E-state index in [0.29, 0.717) is 0 Å². The van der Waals surface area contributed by atoms with Crippen LogP contribution in [0.5, 0.6) is 0 Å². The summed E-state index contributed by atoms with van der Waals surface area (Å²) in [6, 6.07) is 70.2. The van der Waals surface area contributed by atoms with E-state index in [1.54, 1.807) is 0 Å². The van der Waals surface area contributed by atoms with Crippen LogP contribution in [-0.4, -0.2) is 0 Å². The molecule has 0 aromatic heterocycles. The van der Waals surface area contributed by atoms with Gasteiger partial charge >= 0.3 is 0 Å². The monoisotopic (exact) mass is 729 g/mol. The first-order valence-corrected chi connectivity index (χ1v) is 20.2. The van der Waals surface area contributed by atoms with E-state index >= 15 is 0 Å². The number of hydrogen-bond acceptors (Lipinski definition) is 1. The fourth-order valence-corrected chi connectivity index (χ4v) is 10.1. The Bertz CT molecular complexity index is 3050. The van der Waals surface area contributed by atoms with Crippen LogP contribution >= 0.6 is 0 Å². The highest BCUT2D eigenvalue weighted by molar-refractivity contribution is 6.10. The predicted octanol–water partition coefficient (Wildman–Crippen LogP) is 15.4. The van der Waals surface area contributed by atoms with E-state index in [1.165, 1.54) is 94.0 Å². The number of fused-ring (bicyclic) bond motifs is 6. The molecule has 0 N–H and O–H groups in total. The molecule has 0 saturated heterocycles. The number of benzene rings is 9. The highest BCUT2D eigenvalue weighted by Gasteiger charge is 2.38. The topological polar surface area (TPSA) is 3.24 Å². The first-order chi connectivity index (χ1) is 27.8. The largest absolute Gasteiger partial charge is 0.310 e.